The van der Waals surface area contributed by atoms with Crippen LogP contribution in [0.15, 0.2) is 12.7 Å². The van der Waals surface area contributed by atoms with Crippen molar-refractivity contribution in [2.45, 2.75) is 18.9 Å². The Balaban J connectivity index is 2.36. The Morgan fingerprint density at radius 1 is 1.75 bits per heavy atom. The number of carbonyl (C=O) groups is 2. The van der Waals surface area contributed by atoms with Crippen molar-refractivity contribution < 1.29 is 19.1 Å². The van der Waals surface area contributed by atoms with Crippen molar-refractivity contribution in [3.8, 4) is 0 Å². The molecule has 4 heteroatoms. The van der Waals surface area contributed by atoms with Gasteiger partial charge in [-0.05, 0) is 0 Å². The van der Waals surface area contributed by atoms with Crippen LogP contribution < -0.4 is 0 Å². The zero-order valence-electron chi connectivity index (χ0n) is 6.62. The smallest absolute Gasteiger partial charge is 0.330 e. The molecule has 1 aliphatic heterocycles. The second-order valence-electron chi connectivity index (χ2n) is 2.48. The quantitative estimate of drug-likeness (QED) is 0.445. The van der Waals surface area contributed by atoms with Gasteiger partial charge in [-0.15, -0.1) is 0 Å². The van der Waals surface area contributed by atoms with Gasteiger partial charge in [-0.2, -0.15) is 0 Å². The van der Waals surface area contributed by atoms with Crippen LogP contribution in [-0.4, -0.2) is 24.6 Å². The molecule has 1 rings (SSSR count). The minimum absolute atomic E-state index is 0.152. The summed E-state index contributed by atoms with van der Waals surface area (Å²) in [5, 5.41) is 0. The fraction of sp³-hybridized carbons (Fsp3) is 0.500. The van der Waals surface area contributed by atoms with Crippen LogP contribution in [0, 0.1) is 0 Å². The maximum atomic E-state index is 10.7. The summed E-state index contributed by atoms with van der Waals surface area (Å²) in [6, 6.07) is 0. The summed E-state index contributed by atoms with van der Waals surface area (Å²) in [4.78, 5) is 21.4. The van der Waals surface area contributed by atoms with Crippen molar-refractivity contribution in [1.29, 1.82) is 0 Å². The summed E-state index contributed by atoms with van der Waals surface area (Å²) >= 11 is 0. The minimum Gasteiger partial charge on any atom is -0.465 e. The van der Waals surface area contributed by atoms with E-state index in [0.717, 1.165) is 6.08 Å². The lowest BCUT2D eigenvalue weighted by Gasteiger charge is -2.20. The Labute approximate surface area is 70.1 Å². The molecule has 1 heterocycles. The van der Waals surface area contributed by atoms with E-state index in [4.69, 9.17) is 4.74 Å². The summed E-state index contributed by atoms with van der Waals surface area (Å²) < 4.78 is 9.52. The van der Waals surface area contributed by atoms with Crippen LogP contribution in [0.2, 0.25) is 0 Å². The van der Waals surface area contributed by atoms with E-state index in [1.807, 2.05) is 0 Å². The molecule has 66 valence electrons. The molecule has 4 nitrogen and oxygen atoms in total. The molecule has 1 fully saturated rings. The molecule has 0 aliphatic carbocycles. The lowest BCUT2D eigenvalue weighted by atomic mass is 10.1. The van der Waals surface area contributed by atoms with E-state index in [2.05, 4.69) is 11.3 Å². The van der Waals surface area contributed by atoms with E-state index < -0.39 is 5.97 Å². The average molecular weight is 170 g/mol. The van der Waals surface area contributed by atoms with Crippen LogP contribution >= 0.6 is 0 Å². The summed E-state index contributed by atoms with van der Waals surface area (Å²) in [5.74, 6) is -0.808. The lowest BCUT2D eigenvalue weighted by molar-refractivity contribution is -0.159. The zero-order chi connectivity index (χ0) is 8.97. The molecule has 0 saturated carbocycles. The van der Waals surface area contributed by atoms with Gasteiger partial charge >= 0.3 is 11.9 Å². The molecule has 0 N–H and O–H groups in total. The Morgan fingerprint density at radius 3 is 3.08 bits per heavy atom. The first-order valence-corrected chi connectivity index (χ1v) is 3.71. The molecular weight excluding hydrogens is 160 g/mol. The third-order valence-corrected chi connectivity index (χ3v) is 1.55. The van der Waals surface area contributed by atoms with E-state index in [0.29, 0.717) is 13.0 Å². The monoisotopic (exact) mass is 170 g/mol. The largest absolute Gasteiger partial charge is 0.465 e. The second kappa shape index (κ2) is 3.90. The van der Waals surface area contributed by atoms with Gasteiger partial charge in [-0.3, -0.25) is 4.79 Å². The highest BCUT2D eigenvalue weighted by molar-refractivity contribution is 5.81. The lowest BCUT2D eigenvalue weighted by Crippen LogP contribution is -2.28. The van der Waals surface area contributed by atoms with E-state index in [1.165, 1.54) is 0 Å². The predicted molar refractivity (Wildman–Crippen MR) is 40.3 cm³/mol. The molecule has 0 spiro atoms. The molecule has 1 atom stereocenters. The molecule has 0 aromatic carbocycles. The van der Waals surface area contributed by atoms with Crippen LogP contribution in [0.4, 0.5) is 0 Å². The number of hydrogen-bond donors (Lipinski definition) is 0. The first-order chi connectivity index (χ1) is 5.72. The van der Waals surface area contributed by atoms with Crippen LogP contribution in [-0.2, 0) is 19.1 Å². The van der Waals surface area contributed by atoms with E-state index in [9.17, 15) is 9.59 Å². The first kappa shape index (κ1) is 8.77. The van der Waals surface area contributed by atoms with Gasteiger partial charge in [-0.1, -0.05) is 6.58 Å². The van der Waals surface area contributed by atoms with Gasteiger partial charge in [0.1, 0.15) is 6.10 Å². The second-order valence-corrected chi connectivity index (χ2v) is 2.48. The van der Waals surface area contributed by atoms with Crippen molar-refractivity contribution in [2.24, 2.45) is 0 Å². The Kier molecular flexibility index (Phi) is 2.85. The predicted octanol–water partition coefficient (Wildman–Crippen LogP) is 0.421. The number of hydrogen-bond acceptors (Lipinski definition) is 4. The van der Waals surface area contributed by atoms with Crippen molar-refractivity contribution >= 4 is 11.9 Å². The summed E-state index contributed by atoms with van der Waals surface area (Å²) in [7, 11) is 0. The number of ether oxygens (including phenoxy) is 2. The zero-order valence-corrected chi connectivity index (χ0v) is 6.62. The molecule has 0 radical (unpaired) electrons. The SMILES string of the molecule is C=CC(=O)OC1CCOC(=O)C1. The molecule has 0 aromatic heterocycles. The third kappa shape index (κ3) is 2.38. The Hall–Kier alpha value is -1.32. The van der Waals surface area contributed by atoms with Gasteiger partial charge in [0.05, 0.1) is 13.0 Å². The van der Waals surface area contributed by atoms with Gasteiger partial charge in [0.15, 0.2) is 0 Å². The average Bonchev–Trinajstić information content (AvgIpc) is 2.04. The van der Waals surface area contributed by atoms with Crippen LogP contribution in [0.1, 0.15) is 12.8 Å². The van der Waals surface area contributed by atoms with Gasteiger partial charge in [0, 0.05) is 12.5 Å². The minimum atomic E-state index is -0.491. The molecule has 0 amide bonds. The number of carbonyl (C=O) groups excluding carboxylic acids is 2. The number of cyclic esters (lactones) is 1. The maximum absolute atomic E-state index is 10.7. The number of rotatable bonds is 2. The van der Waals surface area contributed by atoms with Gasteiger partial charge < -0.3 is 9.47 Å². The van der Waals surface area contributed by atoms with Gasteiger partial charge in [0.2, 0.25) is 0 Å². The van der Waals surface area contributed by atoms with Crippen molar-refractivity contribution in [2.75, 3.05) is 6.61 Å². The normalized spacial score (nSPS) is 22.7. The number of esters is 2. The maximum Gasteiger partial charge on any atom is 0.330 e. The molecule has 1 saturated heterocycles. The third-order valence-electron chi connectivity index (χ3n) is 1.55. The first-order valence-electron chi connectivity index (χ1n) is 3.71. The molecule has 0 aromatic rings. The van der Waals surface area contributed by atoms with E-state index in [1.54, 1.807) is 0 Å². The molecular formula is C8H10O4. The highest BCUT2D eigenvalue weighted by Crippen LogP contribution is 2.11. The molecule has 1 aliphatic rings. The van der Waals surface area contributed by atoms with Crippen molar-refractivity contribution in [3.05, 3.63) is 12.7 Å². The summed E-state index contributed by atoms with van der Waals surface area (Å²) in [6.07, 6.45) is 1.47. The standard InChI is InChI=1S/C8H10O4/c1-2-7(9)12-6-3-4-11-8(10)5-6/h2,6H,1,3-5H2. The van der Waals surface area contributed by atoms with Crippen molar-refractivity contribution in [1.82, 2.24) is 0 Å². The fourth-order valence-corrected chi connectivity index (χ4v) is 0.964. The highest BCUT2D eigenvalue weighted by Gasteiger charge is 2.22. The van der Waals surface area contributed by atoms with Crippen LogP contribution in [0.5, 0.6) is 0 Å². The highest BCUT2D eigenvalue weighted by atomic mass is 16.6. The van der Waals surface area contributed by atoms with Gasteiger partial charge in [0.25, 0.3) is 0 Å². The van der Waals surface area contributed by atoms with Crippen LogP contribution in [0.25, 0.3) is 0 Å². The topological polar surface area (TPSA) is 52.6 Å². The van der Waals surface area contributed by atoms with E-state index >= 15 is 0 Å². The molecule has 0 bridgehead atoms. The van der Waals surface area contributed by atoms with Gasteiger partial charge in [-0.25, -0.2) is 4.79 Å². The van der Waals surface area contributed by atoms with E-state index in [-0.39, 0.29) is 18.5 Å². The fourth-order valence-electron chi connectivity index (χ4n) is 0.964. The van der Waals surface area contributed by atoms with Crippen LogP contribution in [0.3, 0.4) is 0 Å². The molecule has 1 unspecified atom stereocenters. The summed E-state index contributed by atoms with van der Waals surface area (Å²) in [6.45, 7) is 3.58. The molecule has 12 heavy (non-hydrogen) atoms. The Morgan fingerprint density at radius 2 is 2.50 bits per heavy atom. The van der Waals surface area contributed by atoms with Crippen molar-refractivity contribution in [3.63, 3.8) is 0 Å². The Bertz CT molecular complexity index is 209. The summed E-state index contributed by atoms with van der Waals surface area (Å²) in [5.41, 5.74) is 0.